The zero-order valence-electron chi connectivity index (χ0n) is 14.4. The highest BCUT2D eigenvalue weighted by Gasteiger charge is 2.10. The number of aliphatic hydroxyl groups excluding tert-OH is 1. The number of nitrogens with zero attached hydrogens (tertiary/aromatic N) is 3. The number of hydrogen-bond acceptors (Lipinski definition) is 6. The molecule has 0 amide bonds. The van der Waals surface area contributed by atoms with E-state index in [0.29, 0.717) is 29.6 Å². The van der Waals surface area contributed by atoms with Crippen LogP contribution in [0.1, 0.15) is 12.5 Å². The number of aliphatic hydroxyl groups is 1. The van der Waals surface area contributed by atoms with Crippen LogP contribution in [0.15, 0.2) is 54.9 Å². The number of benzene rings is 1. The third-order valence-electron chi connectivity index (χ3n) is 3.77. The summed E-state index contributed by atoms with van der Waals surface area (Å²) >= 11 is 0. The Morgan fingerprint density at radius 1 is 1.12 bits per heavy atom. The Labute approximate surface area is 151 Å². The molecular weight excluding hydrogens is 333 g/mol. The number of aromatic nitrogens is 3. The maximum Gasteiger partial charge on any atom is 0.225 e. The van der Waals surface area contributed by atoms with Crippen molar-refractivity contribution in [2.75, 3.05) is 17.2 Å². The van der Waals surface area contributed by atoms with Crippen molar-refractivity contribution < 1.29 is 9.50 Å². The minimum absolute atomic E-state index is 0.0408. The second-order valence-corrected chi connectivity index (χ2v) is 5.87. The van der Waals surface area contributed by atoms with Crippen LogP contribution < -0.4 is 10.6 Å². The van der Waals surface area contributed by atoms with Gasteiger partial charge in [-0.15, -0.1) is 0 Å². The van der Waals surface area contributed by atoms with Crippen molar-refractivity contribution in [2.24, 2.45) is 0 Å². The van der Waals surface area contributed by atoms with Gasteiger partial charge in [0.2, 0.25) is 5.95 Å². The zero-order valence-corrected chi connectivity index (χ0v) is 14.4. The molecule has 7 heteroatoms. The summed E-state index contributed by atoms with van der Waals surface area (Å²) in [6, 6.07) is 11.9. The molecular formula is C19H20FN5O. The number of nitrogens with one attached hydrogen (secondary N) is 2. The maximum absolute atomic E-state index is 13.8. The average Bonchev–Trinajstić information content (AvgIpc) is 2.68. The van der Waals surface area contributed by atoms with Gasteiger partial charge in [0.05, 0.1) is 12.3 Å². The van der Waals surface area contributed by atoms with Gasteiger partial charge in [-0.2, -0.15) is 4.98 Å². The first-order chi connectivity index (χ1) is 12.7. The number of pyridine rings is 1. The predicted octanol–water partition coefficient (Wildman–Crippen LogP) is 3.08. The highest BCUT2D eigenvalue weighted by molar-refractivity contribution is 5.64. The highest BCUT2D eigenvalue weighted by Crippen LogP contribution is 2.22. The summed E-state index contributed by atoms with van der Waals surface area (Å²) in [5.74, 6) is 0.676. The van der Waals surface area contributed by atoms with E-state index in [0.717, 1.165) is 5.56 Å². The molecule has 0 aliphatic heterocycles. The van der Waals surface area contributed by atoms with Crippen molar-refractivity contribution in [3.8, 4) is 11.3 Å². The number of hydrogen-bond donors (Lipinski definition) is 3. The number of anilines is 2. The monoisotopic (exact) mass is 353 g/mol. The Bertz CT molecular complexity index is 860. The molecule has 134 valence electrons. The Balaban J connectivity index is 1.88. The van der Waals surface area contributed by atoms with Gasteiger partial charge in [-0.05, 0) is 25.1 Å². The summed E-state index contributed by atoms with van der Waals surface area (Å²) in [7, 11) is 0. The molecule has 0 bridgehead atoms. The Hall–Kier alpha value is -3.06. The molecule has 1 aromatic carbocycles. The molecule has 1 atom stereocenters. The summed E-state index contributed by atoms with van der Waals surface area (Å²) in [5, 5.41) is 15.4. The zero-order chi connectivity index (χ0) is 18.4. The Morgan fingerprint density at radius 2 is 1.88 bits per heavy atom. The Morgan fingerprint density at radius 3 is 2.62 bits per heavy atom. The molecule has 0 saturated carbocycles. The molecule has 0 fully saturated rings. The molecule has 0 unspecified atom stereocenters. The smallest absolute Gasteiger partial charge is 0.225 e. The second kappa shape index (κ2) is 8.35. The lowest BCUT2D eigenvalue weighted by Gasteiger charge is -2.14. The summed E-state index contributed by atoms with van der Waals surface area (Å²) in [4.78, 5) is 12.9. The molecule has 2 heterocycles. The Kier molecular flexibility index (Phi) is 5.70. The first kappa shape index (κ1) is 17.8. The van der Waals surface area contributed by atoms with Crippen LogP contribution in [0, 0.1) is 5.82 Å². The molecule has 0 aliphatic rings. The second-order valence-electron chi connectivity index (χ2n) is 5.87. The lowest BCUT2D eigenvalue weighted by atomic mass is 10.2. The fourth-order valence-electron chi connectivity index (χ4n) is 2.37. The van der Waals surface area contributed by atoms with Gasteiger partial charge in [-0.25, -0.2) is 9.37 Å². The fraction of sp³-hybridized carbons (Fsp3) is 0.211. The van der Waals surface area contributed by atoms with Gasteiger partial charge < -0.3 is 15.7 Å². The van der Waals surface area contributed by atoms with E-state index in [1.54, 1.807) is 36.7 Å². The minimum Gasteiger partial charge on any atom is -0.394 e. The first-order valence-corrected chi connectivity index (χ1v) is 8.30. The molecule has 3 rings (SSSR count). The molecule has 6 nitrogen and oxygen atoms in total. The molecule has 3 aromatic rings. The lowest BCUT2D eigenvalue weighted by molar-refractivity contribution is 0.281. The topological polar surface area (TPSA) is 83.0 Å². The van der Waals surface area contributed by atoms with Crippen molar-refractivity contribution in [3.63, 3.8) is 0 Å². The van der Waals surface area contributed by atoms with Gasteiger partial charge in [0.15, 0.2) is 0 Å². The molecule has 26 heavy (non-hydrogen) atoms. The summed E-state index contributed by atoms with van der Waals surface area (Å²) < 4.78 is 13.8. The van der Waals surface area contributed by atoms with Crippen molar-refractivity contribution in [1.82, 2.24) is 15.0 Å². The van der Waals surface area contributed by atoms with E-state index in [1.807, 2.05) is 19.1 Å². The van der Waals surface area contributed by atoms with Gasteiger partial charge >= 0.3 is 0 Å². The van der Waals surface area contributed by atoms with Crippen LogP contribution in [0.5, 0.6) is 0 Å². The van der Waals surface area contributed by atoms with Crippen molar-refractivity contribution in [3.05, 3.63) is 66.2 Å². The van der Waals surface area contributed by atoms with Crippen LogP contribution in [-0.2, 0) is 6.54 Å². The van der Waals surface area contributed by atoms with E-state index in [9.17, 15) is 9.50 Å². The number of halogens is 1. The van der Waals surface area contributed by atoms with Crippen LogP contribution >= 0.6 is 0 Å². The van der Waals surface area contributed by atoms with Gasteiger partial charge in [0.1, 0.15) is 11.6 Å². The van der Waals surface area contributed by atoms with Gasteiger partial charge in [0.25, 0.3) is 0 Å². The minimum atomic E-state index is -0.268. The van der Waals surface area contributed by atoms with Crippen LogP contribution in [0.25, 0.3) is 11.3 Å². The standard InChI is InChI=1S/C19H20FN5O/c1-13(12-26)23-19-24-17(14-6-8-21-9-7-14)10-18(25-19)22-11-15-4-2-3-5-16(15)20/h2-10,13,26H,11-12H2,1H3,(H2,22,23,24,25)/t13-/m1/s1. The maximum atomic E-state index is 13.8. The van der Waals surface area contributed by atoms with E-state index in [-0.39, 0.29) is 18.5 Å². The van der Waals surface area contributed by atoms with Gasteiger partial charge in [0, 0.05) is 42.2 Å². The van der Waals surface area contributed by atoms with Crippen molar-refractivity contribution >= 4 is 11.8 Å². The quantitative estimate of drug-likeness (QED) is 0.605. The average molecular weight is 353 g/mol. The van der Waals surface area contributed by atoms with Crippen molar-refractivity contribution in [2.45, 2.75) is 19.5 Å². The fourth-order valence-corrected chi connectivity index (χ4v) is 2.37. The third-order valence-corrected chi connectivity index (χ3v) is 3.77. The molecule has 0 radical (unpaired) electrons. The van der Waals surface area contributed by atoms with E-state index in [1.165, 1.54) is 6.07 Å². The molecule has 3 N–H and O–H groups in total. The summed E-state index contributed by atoms with van der Waals surface area (Å²) in [6.45, 7) is 2.09. The van der Waals surface area contributed by atoms with Crippen LogP contribution in [0.4, 0.5) is 16.2 Å². The van der Waals surface area contributed by atoms with E-state index in [2.05, 4.69) is 25.6 Å². The summed E-state index contributed by atoms with van der Waals surface area (Å²) in [6.07, 6.45) is 3.38. The van der Waals surface area contributed by atoms with E-state index in [4.69, 9.17) is 0 Å². The van der Waals surface area contributed by atoms with Crippen LogP contribution in [0.3, 0.4) is 0 Å². The van der Waals surface area contributed by atoms with E-state index >= 15 is 0 Å². The molecule has 0 spiro atoms. The molecule has 0 saturated heterocycles. The van der Waals surface area contributed by atoms with Crippen molar-refractivity contribution in [1.29, 1.82) is 0 Å². The van der Waals surface area contributed by atoms with Crippen LogP contribution in [0.2, 0.25) is 0 Å². The highest BCUT2D eigenvalue weighted by atomic mass is 19.1. The normalized spacial score (nSPS) is 11.8. The van der Waals surface area contributed by atoms with Gasteiger partial charge in [-0.3, -0.25) is 4.98 Å². The van der Waals surface area contributed by atoms with Crippen LogP contribution in [-0.4, -0.2) is 32.7 Å². The van der Waals surface area contributed by atoms with Gasteiger partial charge in [-0.1, -0.05) is 18.2 Å². The molecule has 0 aliphatic carbocycles. The van der Waals surface area contributed by atoms with E-state index < -0.39 is 0 Å². The largest absolute Gasteiger partial charge is 0.394 e. The third kappa shape index (κ3) is 4.52. The first-order valence-electron chi connectivity index (χ1n) is 8.30. The predicted molar refractivity (Wildman–Crippen MR) is 99.2 cm³/mol. The summed E-state index contributed by atoms with van der Waals surface area (Å²) in [5.41, 5.74) is 2.14. The molecule has 2 aromatic heterocycles. The lowest BCUT2D eigenvalue weighted by Crippen LogP contribution is -2.21. The number of rotatable bonds is 7. The SMILES string of the molecule is C[C@H](CO)Nc1nc(NCc2ccccc2F)cc(-c2ccncc2)n1.